The van der Waals surface area contributed by atoms with E-state index in [1.54, 1.807) is 0 Å². The highest BCUT2D eigenvalue weighted by Crippen LogP contribution is 2.17. The average Bonchev–Trinajstić information content (AvgIpc) is 2.39. The summed E-state index contributed by atoms with van der Waals surface area (Å²) in [7, 11) is 3.98. The first-order chi connectivity index (χ1) is 6.83. The molecule has 1 aromatic rings. The molecule has 4 nitrogen and oxygen atoms in total. The number of rotatable bonds is 2. The van der Waals surface area contributed by atoms with Crippen LogP contribution in [0.15, 0.2) is 0 Å². The second kappa shape index (κ2) is 4.11. The maximum Gasteiger partial charge on any atom is 0.0683 e. The number of ether oxygens (including phenoxy) is 1. The zero-order chi connectivity index (χ0) is 9.97. The summed E-state index contributed by atoms with van der Waals surface area (Å²) in [6.07, 6.45) is 1.95. The number of aromatic nitrogens is 2. The average molecular weight is 195 g/mol. The maximum atomic E-state index is 5.44. The van der Waals surface area contributed by atoms with Crippen LogP contribution < -0.4 is 5.32 Å². The third kappa shape index (κ3) is 1.67. The van der Waals surface area contributed by atoms with Crippen LogP contribution in [0, 0.1) is 0 Å². The first-order valence-corrected chi connectivity index (χ1v) is 5.09. The van der Waals surface area contributed by atoms with Gasteiger partial charge in [-0.25, -0.2) is 0 Å². The number of nitrogens with zero attached hydrogens (tertiary/aromatic N) is 2. The molecule has 1 aromatic heterocycles. The molecule has 2 rings (SSSR count). The minimum Gasteiger partial charge on any atom is -0.381 e. The standard InChI is InChI=1S/C10H17N3O/c1-11-7-10-8-3-5-14-6-4-9(8)12-13(10)2/h11H,3-7H2,1-2H3. The van der Waals surface area contributed by atoms with Gasteiger partial charge in [-0.05, 0) is 13.5 Å². The number of nitrogens with one attached hydrogen (secondary N) is 1. The van der Waals surface area contributed by atoms with Crippen molar-refractivity contribution < 1.29 is 4.74 Å². The predicted octanol–water partition coefficient (Wildman–Crippen LogP) is 0.255. The largest absolute Gasteiger partial charge is 0.381 e. The van der Waals surface area contributed by atoms with E-state index in [1.807, 2.05) is 18.8 Å². The van der Waals surface area contributed by atoms with Crippen LogP contribution in [-0.2, 0) is 31.2 Å². The van der Waals surface area contributed by atoms with Crippen molar-refractivity contribution in [3.05, 3.63) is 17.0 Å². The molecule has 0 aromatic carbocycles. The molecular weight excluding hydrogens is 178 g/mol. The molecular formula is C10H17N3O. The van der Waals surface area contributed by atoms with Gasteiger partial charge in [-0.15, -0.1) is 0 Å². The van der Waals surface area contributed by atoms with E-state index in [2.05, 4.69) is 10.4 Å². The molecule has 0 radical (unpaired) electrons. The lowest BCUT2D eigenvalue weighted by Gasteiger charge is -2.04. The molecule has 0 unspecified atom stereocenters. The molecule has 1 N–H and O–H groups in total. The second-order valence-corrected chi connectivity index (χ2v) is 3.64. The lowest BCUT2D eigenvalue weighted by molar-refractivity contribution is 0.145. The molecule has 14 heavy (non-hydrogen) atoms. The molecule has 2 heterocycles. The van der Waals surface area contributed by atoms with Crippen LogP contribution in [0.4, 0.5) is 0 Å². The van der Waals surface area contributed by atoms with Crippen LogP contribution in [0.2, 0.25) is 0 Å². The van der Waals surface area contributed by atoms with Gasteiger partial charge in [0, 0.05) is 25.6 Å². The first kappa shape index (κ1) is 9.68. The van der Waals surface area contributed by atoms with Gasteiger partial charge in [-0.1, -0.05) is 0 Å². The van der Waals surface area contributed by atoms with E-state index >= 15 is 0 Å². The van der Waals surface area contributed by atoms with Crippen molar-refractivity contribution in [3.63, 3.8) is 0 Å². The third-order valence-electron chi connectivity index (χ3n) is 2.68. The molecule has 1 aliphatic heterocycles. The summed E-state index contributed by atoms with van der Waals surface area (Å²) < 4.78 is 7.43. The second-order valence-electron chi connectivity index (χ2n) is 3.64. The van der Waals surface area contributed by atoms with Crippen molar-refractivity contribution in [1.29, 1.82) is 0 Å². The summed E-state index contributed by atoms with van der Waals surface area (Å²) in [6, 6.07) is 0. The van der Waals surface area contributed by atoms with Gasteiger partial charge < -0.3 is 10.1 Å². The first-order valence-electron chi connectivity index (χ1n) is 5.09. The van der Waals surface area contributed by atoms with Gasteiger partial charge in [0.1, 0.15) is 0 Å². The number of fused-ring (bicyclic) bond motifs is 1. The third-order valence-corrected chi connectivity index (χ3v) is 2.68. The zero-order valence-electron chi connectivity index (χ0n) is 8.84. The zero-order valence-corrected chi connectivity index (χ0v) is 8.84. The van der Waals surface area contributed by atoms with Crippen molar-refractivity contribution in [2.45, 2.75) is 19.4 Å². The molecule has 78 valence electrons. The number of hydrogen-bond donors (Lipinski definition) is 1. The normalized spacial score (nSPS) is 16.4. The Kier molecular flexibility index (Phi) is 2.84. The van der Waals surface area contributed by atoms with Crippen LogP contribution in [0.25, 0.3) is 0 Å². The van der Waals surface area contributed by atoms with Crippen molar-refractivity contribution in [1.82, 2.24) is 15.1 Å². The molecule has 4 heteroatoms. The Morgan fingerprint density at radius 2 is 2.21 bits per heavy atom. The SMILES string of the molecule is CNCc1c2c(nn1C)CCOCC2. The summed E-state index contributed by atoms with van der Waals surface area (Å²) in [6.45, 7) is 2.53. The quantitative estimate of drug-likeness (QED) is 0.735. The molecule has 0 atom stereocenters. The van der Waals surface area contributed by atoms with Crippen LogP contribution >= 0.6 is 0 Å². The summed E-state index contributed by atoms with van der Waals surface area (Å²) in [5, 5.41) is 7.71. The summed E-state index contributed by atoms with van der Waals surface area (Å²) in [5.41, 5.74) is 3.91. The fourth-order valence-electron chi connectivity index (χ4n) is 1.99. The Labute approximate surface area is 84.3 Å². The molecule has 0 fully saturated rings. The van der Waals surface area contributed by atoms with Crippen molar-refractivity contribution in [3.8, 4) is 0 Å². The van der Waals surface area contributed by atoms with Gasteiger partial charge in [0.25, 0.3) is 0 Å². The molecule has 0 saturated carbocycles. The highest BCUT2D eigenvalue weighted by molar-refractivity contribution is 5.27. The minimum absolute atomic E-state index is 0.809. The number of aryl methyl sites for hydroxylation is 1. The van der Waals surface area contributed by atoms with Gasteiger partial charge in [0.2, 0.25) is 0 Å². The highest BCUT2D eigenvalue weighted by Gasteiger charge is 2.17. The fraction of sp³-hybridized carbons (Fsp3) is 0.700. The van der Waals surface area contributed by atoms with E-state index in [9.17, 15) is 0 Å². The number of hydrogen-bond acceptors (Lipinski definition) is 3. The lowest BCUT2D eigenvalue weighted by atomic mass is 10.1. The lowest BCUT2D eigenvalue weighted by Crippen LogP contribution is -2.12. The van der Waals surface area contributed by atoms with Crippen molar-refractivity contribution in [2.75, 3.05) is 20.3 Å². The van der Waals surface area contributed by atoms with E-state index in [1.165, 1.54) is 17.0 Å². The van der Waals surface area contributed by atoms with Gasteiger partial charge in [-0.2, -0.15) is 5.10 Å². The molecule has 0 aliphatic carbocycles. The molecule has 0 saturated heterocycles. The molecule has 0 spiro atoms. The maximum absolute atomic E-state index is 5.44. The van der Waals surface area contributed by atoms with E-state index < -0.39 is 0 Å². The Bertz CT molecular complexity index is 319. The van der Waals surface area contributed by atoms with Crippen LogP contribution in [0.5, 0.6) is 0 Å². The van der Waals surface area contributed by atoms with Crippen LogP contribution in [-0.4, -0.2) is 30.0 Å². The Hall–Kier alpha value is -0.870. The van der Waals surface area contributed by atoms with Gasteiger partial charge in [0.15, 0.2) is 0 Å². The summed E-state index contributed by atoms with van der Waals surface area (Å²) in [5.74, 6) is 0. The van der Waals surface area contributed by atoms with E-state index in [4.69, 9.17) is 4.74 Å². The molecule has 1 aliphatic rings. The summed E-state index contributed by atoms with van der Waals surface area (Å²) in [4.78, 5) is 0. The monoisotopic (exact) mass is 195 g/mol. The van der Waals surface area contributed by atoms with E-state index in [0.29, 0.717) is 0 Å². The smallest absolute Gasteiger partial charge is 0.0683 e. The Balaban J connectivity index is 2.33. The topological polar surface area (TPSA) is 39.1 Å². The minimum atomic E-state index is 0.809. The summed E-state index contributed by atoms with van der Waals surface area (Å²) >= 11 is 0. The van der Waals surface area contributed by atoms with Gasteiger partial charge in [-0.3, -0.25) is 4.68 Å². The van der Waals surface area contributed by atoms with Crippen LogP contribution in [0.3, 0.4) is 0 Å². The molecule has 0 amide bonds. The Morgan fingerprint density at radius 3 is 3.00 bits per heavy atom. The highest BCUT2D eigenvalue weighted by atomic mass is 16.5. The predicted molar refractivity (Wildman–Crippen MR) is 54.2 cm³/mol. The van der Waals surface area contributed by atoms with Crippen LogP contribution in [0.1, 0.15) is 17.0 Å². The van der Waals surface area contributed by atoms with E-state index in [0.717, 1.165) is 32.6 Å². The van der Waals surface area contributed by atoms with Crippen molar-refractivity contribution in [2.24, 2.45) is 7.05 Å². The fourth-order valence-corrected chi connectivity index (χ4v) is 1.99. The van der Waals surface area contributed by atoms with E-state index in [-0.39, 0.29) is 0 Å². The van der Waals surface area contributed by atoms with Gasteiger partial charge >= 0.3 is 0 Å². The Morgan fingerprint density at radius 1 is 1.43 bits per heavy atom. The van der Waals surface area contributed by atoms with Gasteiger partial charge in [0.05, 0.1) is 24.6 Å². The van der Waals surface area contributed by atoms with Crippen molar-refractivity contribution >= 4 is 0 Å². The molecule has 0 bridgehead atoms.